The van der Waals surface area contributed by atoms with E-state index in [0.29, 0.717) is 0 Å². The molecule has 0 radical (unpaired) electrons. The first-order chi connectivity index (χ1) is 9.22. The molecule has 4 nitrogen and oxygen atoms in total. The lowest BCUT2D eigenvalue weighted by atomic mass is 10.1. The normalized spacial score (nSPS) is 22.9. The molecule has 1 aromatic carbocycles. The summed E-state index contributed by atoms with van der Waals surface area (Å²) in [5.74, 6) is 0.158. The Labute approximate surface area is 113 Å². The van der Waals surface area contributed by atoms with Crippen LogP contribution in [0.25, 0.3) is 0 Å². The average Bonchev–Trinajstić information content (AvgIpc) is 2.93. The zero-order valence-corrected chi connectivity index (χ0v) is 11.1. The van der Waals surface area contributed by atoms with Crippen molar-refractivity contribution in [2.24, 2.45) is 0 Å². The maximum absolute atomic E-state index is 12.6. The number of carbonyl (C=O) groups is 2. The van der Waals surface area contributed by atoms with E-state index in [1.54, 1.807) is 9.80 Å². The van der Waals surface area contributed by atoms with E-state index >= 15 is 0 Å². The summed E-state index contributed by atoms with van der Waals surface area (Å²) < 4.78 is 0. The number of benzene rings is 1. The van der Waals surface area contributed by atoms with Crippen LogP contribution in [0.15, 0.2) is 24.3 Å². The van der Waals surface area contributed by atoms with Crippen molar-refractivity contribution in [2.45, 2.75) is 32.2 Å². The molecule has 0 aliphatic carbocycles. The molecule has 1 unspecified atom stereocenters. The van der Waals surface area contributed by atoms with Crippen molar-refractivity contribution in [2.75, 3.05) is 18.0 Å². The smallest absolute Gasteiger partial charge is 0.250 e. The average molecular weight is 258 g/mol. The van der Waals surface area contributed by atoms with E-state index in [1.165, 1.54) is 0 Å². The molecule has 2 aliphatic rings. The van der Waals surface area contributed by atoms with Gasteiger partial charge in [0.25, 0.3) is 0 Å². The van der Waals surface area contributed by atoms with Gasteiger partial charge in [-0.3, -0.25) is 9.59 Å². The molecule has 19 heavy (non-hydrogen) atoms. The van der Waals surface area contributed by atoms with E-state index < -0.39 is 0 Å². The Morgan fingerprint density at radius 3 is 2.84 bits per heavy atom. The number of rotatable bonds is 2. The molecule has 1 atom stereocenters. The van der Waals surface area contributed by atoms with Crippen molar-refractivity contribution < 1.29 is 9.59 Å². The first-order valence-corrected chi connectivity index (χ1v) is 6.91. The van der Waals surface area contributed by atoms with E-state index in [1.807, 2.05) is 24.3 Å². The first-order valence-electron chi connectivity index (χ1n) is 6.91. The second-order valence-corrected chi connectivity index (χ2v) is 5.15. The predicted molar refractivity (Wildman–Crippen MR) is 72.9 cm³/mol. The number of piperazine rings is 1. The lowest BCUT2D eigenvalue weighted by Crippen LogP contribution is -2.57. The van der Waals surface area contributed by atoms with Crippen LogP contribution >= 0.6 is 0 Å². The van der Waals surface area contributed by atoms with Crippen molar-refractivity contribution in [3.05, 3.63) is 29.8 Å². The van der Waals surface area contributed by atoms with E-state index in [2.05, 4.69) is 6.92 Å². The van der Waals surface area contributed by atoms with Crippen molar-refractivity contribution in [3.8, 4) is 0 Å². The van der Waals surface area contributed by atoms with E-state index in [-0.39, 0.29) is 24.4 Å². The number of anilines is 1. The molecular formula is C15H18N2O2. The summed E-state index contributed by atoms with van der Waals surface area (Å²) >= 11 is 0. The molecule has 2 saturated heterocycles. The van der Waals surface area contributed by atoms with Crippen LogP contribution in [0.4, 0.5) is 5.69 Å². The fraction of sp³-hybridized carbons (Fsp3) is 0.467. The highest BCUT2D eigenvalue weighted by atomic mass is 16.2. The third-order valence-corrected chi connectivity index (χ3v) is 4.08. The molecule has 0 aromatic heterocycles. The fourth-order valence-corrected chi connectivity index (χ4v) is 3.08. The van der Waals surface area contributed by atoms with Crippen LogP contribution < -0.4 is 4.90 Å². The summed E-state index contributed by atoms with van der Waals surface area (Å²) in [4.78, 5) is 28.1. The van der Waals surface area contributed by atoms with Crippen LogP contribution in [-0.4, -0.2) is 35.8 Å². The predicted octanol–water partition coefficient (Wildman–Crippen LogP) is 1.59. The molecule has 2 fully saturated rings. The van der Waals surface area contributed by atoms with Crippen LogP contribution in [0.2, 0.25) is 0 Å². The summed E-state index contributed by atoms with van der Waals surface area (Å²) in [6.07, 6.45) is 2.60. The Hall–Kier alpha value is -1.84. The minimum absolute atomic E-state index is 0.0769. The molecular weight excluding hydrogens is 240 g/mol. The second kappa shape index (κ2) is 4.68. The van der Waals surface area contributed by atoms with Gasteiger partial charge < -0.3 is 9.80 Å². The number of nitrogens with zero attached hydrogens (tertiary/aromatic N) is 2. The third kappa shape index (κ3) is 1.91. The summed E-state index contributed by atoms with van der Waals surface area (Å²) in [6, 6.07) is 7.63. The van der Waals surface area contributed by atoms with Gasteiger partial charge in [0.05, 0.1) is 0 Å². The molecule has 0 N–H and O–H groups in total. The first kappa shape index (κ1) is 12.2. The highest BCUT2D eigenvalue weighted by molar-refractivity contribution is 6.07. The van der Waals surface area contributed by atoms with Gasteiger partial charge in [0.1, 0.15) is 12.6 Å². The monoisotopic (exact) mass is 258 g/mol. The zero-order chi connectivity index (χ0) is 13.4. The molecule has 100 valence electrons. The standard InChI is InChI=1S/C15H18N2O2/c1-2-11-6-3-4-7-12(11)17-10-14(18)16-9-5-8-13(16)15(17)19/h3-4,6-7,13H,2,5,8-10H2,1H3. The Balaban J connectivity index is 1.96. The quantitative estimate of drug-likeness (QED) is 0.808. The molecule has 0 saturated carbocycles. The van der Waals surface area contributed by atoms with Gasteiger partial charge in [-0.15, -0.1) is 0 Å². The van der Waals surface area contributed by atoms with Gasteiger partial charge in [0.15, 0.2) is 0 Å². The summed E-state index contributed by atoms with van der Waals surface area (Å²) in [6.45, 7) is 2.99. The number of aryl methyl sites for hydroxylation is 1. The van der Waals surface area contributed by atoms with Gasteiger partial charge in [-0.1, -0.05) is 25.1 Å². The number of hydrogen-bond acceptors (Lipinski definition) is 2. The summed E-state index contributed by atoms with van der Waals surface area (Å²) in [5, 5.41) is 0. The van der Waals surface area contributed by atoms with Crippen LogP contribution in [-0.2, 0) is 16.0 Å². The molecule has 2 heterocycles. The van der Waals surface area contributed by atoms with E-state index in [0.717, 1.165) is 37.1 Å². The fourth-order valence-electron chi connectivity index (χ4n) is 3.08. The number of para-hydroxylation sites is 1. The van der Waals surface area contributed by atoms with Crippen LogP contribution in [0.3, 0.4) is 0 Å². The number of hydrogen-bond donors (Lipinski definition) is 0. The van der Waals surface area contributed by atoms with Crippen molar-refractivity contribution >= 4 is 17.5 Å². The topological polar surface area (TPSA) is 40.6 Å². The third-order valence-electron chi connectivity index (χ3n) is 4.08. The number of amides is 2. The van der Waals surface area contributed by atoms with Crippen LogP contribution in [0.1, 0.15) is 25.3 Å². The number of fused-ring (bicyclic) bond motifs is 1. The SMILES string of the molecule is CCc1ccccc1N1CC(=O)N2CCCC2C1=O. The molecule has 0 bridgehead atoms. The Bertz CT molecular complexity index is 527. The largest absolute Gasteiger partial charge is 0.329 e. The van der Waals surface area contributed by atoms with Gasteiger partial charge in [0, 0.05) is 12.2 Å². The van der Waals surface area contributed by atoms with E-state index in [4.69, 9.17) is 0 Å². The lowest BCUT2D eigenvalue weighted by Gasteiger charge is -2.37. The van der Waals surface area contributed by atoms with Gasteiger partial charge in [-0.05, 0) is 30.9 Å². The van der Waals surface area contributed by atoms with E-state index in [9.17, 15) is 9.59 Å². The van der Waals surface area contributed by atoms with Crippen LogP contribution in [0.5, 0.6) is 0 Å². The maximum atomic E-state index is 12.6. The molecule has 1 aromatic rings. The van der Waals surface area contributed by atoms with Crippen molar-refractivity contribution in [1.82, 2.24) is 4.90 Å². The Morgan fingerprint density at radius 1 is 1.26 bits per heavy atom. The molecule has 0 spiro atoms. The van der Waals surface area contributed by atoms with Crippen LogP contribution in [0, 0.1) is 0 Å². The van der Waals surface area contributed by atoms with Gasteiger partial charge in [-0.2, -0.15) is 0 Å². The highest BCUT2D eigenvalue weighted by Crippen LogP contribution is 2.29. The van der Waals surface area contributed by atoms with Gasteiger partial charge >= 0.3 is 0 Å². The second-order valence-electron chi connectivity index (χ2n) is 5.15. The van der Waals surface area contributed by atoms with Crippen molar-refractivity contribution in [1.29, 1.82) is 0 Å². The zero-order valence-electron chi connectivity index (χ0n) is 11.1. The Morgan fingerprint density at radius 2 is 2.05 bits per heavy atom. The summed E-state index contributed by atoms with van der Waals surface area (Å²) in [7, 11) is 0. The maximum Gasteiger partial charge on any atom is 0.250 e. The summed E-state index contributed by atoms with van der Waals surface area (Å²) in [5.41, 5.74) is 2.02. The lowest BCUT2D eigenvalue weighted by molar-refractivity contribution is -0.140. The molecule has 3 rings (SSSR count). The Kier molecular flexibility index (Phi) is 3.01. The van der Waals surface area contributed by atoms with Gasteiger partial charge in [-0.25, -0.2) is 0 Å². The number of carbonyl (C=O) groups excluding carboxylic acids is 2. The molecule has 4 heteroatoms. The molecule has 2 aliphatic heterocycles. The highest BCUT2D eigenvalue weighted by Gasteiger charge is 2.42. The van der Waals surface area contributed by atoms with Crippen molar-refractivity contribution in [3.63, 3.8) is 0 Å². The molecule has 2 amide bonds. The van der Waals surface area contributed by atoms with Gasteiger partial charge in [0.2, 0.25) is 11.8 Å². The minimum Gasteiger partial charge on any atom is -0.329 e. The minimum atomic E-state index is -0.230.